The summed E-state index contributed by atoms with van der Waals surface area (Å²) >= 11 is 0. The maximum atomic E-state index is 11.0. The van der Waals surface area contributed by atoms with E-state index in [2.05, 4.69) is 0 Å². The van der Waals surface area contributed by atoms with Crippen molar-refractivity contribution < 1.29 is 39.8 Å². The van der Waals surface area contributed by atoms with Crippen molar-refractivity contribution in [2.75, 3.05) is 6.61 Å². The molecule has 1 saturated heterocycles. The first-order chi connectivity index (χ1) is 12.9. The monoisotopic (exact) mass is 376 g/mol. The first-order valence-electron chi connectivity index (χ1n) is 8.32. The lowest BCUT2D eigenvalue weighted by Crippen LogP contribution is -2.60. The van der Waals surface area contributed by atoms with E-state index in [0.29, 0.717) is 16.9 Å². The number of rotatable bonds is 5. The standard InChI is InChI=1S/C19H20O8/c20-9-14-15(21)16(22)17(23)19(27-14)26-13-4-2-1-3-12(13)10-5-7-11(8-6-10)18(24)25/h1-8,14-17,19-23H,9H2,(H,24,25)/t14-,15-,16+,17+,19-/m1/s1. The van der Waals surface area contributed by atoms with Crippen molar-refractivity contribution in [1.29, 1.82) is 0 Å². The van der Waals surface area contributed by atoms with Crippen molar-refractivity contribution in [3.05, 3.63) is 54.1 Å². The highest BCUT2D eigenvalue weighted by Crippen LogP contribution is 2.33. The van der Waals surface area contributed by atoms with Crippen LogP contribution < -0.4 is 4.74 Å². The number of carbonyl (C=O) groups is 1. The molecular weight excluding hydrogens is 356 g/mol. The molecule has 27 heavy (non-hydrogen) atoms. The van der Waals surface area contributed by atoms with Crippen LogP contribution in [0.5, 0.6) is 5.75 Å². The predicted molar refractivity (Wildman–Crippen MR) is 93.2 cm³/mol. The molecule has 8 nitrogen and oxygen atoms in total. The van der Waals surface area contributed by atoms with Crippen LogP contribution in [0.15, 0.2) is 48.5 Å². The number of para-hydroxylation sites is 1. The first kappa shape index (κ1) is 19.3. The summed E-state index contributed by atoms with van der Waals surface area (Å²) in [6.45, 7) is -0.552. The molecule has 3 rings (SSSR count). The zero-order chi connectivity index (χ0) is 19.6. The number of ether oxygens (including phenoxy) is 2. The van der Waals surface area contributed by atoms with Gasteiger partial charge in [-0.25, -0.2) is 4.79 Å². The average Bonchev–Trinajstić information content (AvgIpc) is 2.69. The molecule has 0 amide bonds. The number of aromatic carboxylic acids is 1. The van der Waals surface area contributed by atoms with Crippen LogP contribution in [0.2, 0.25) is 0 Å². The van der Waals surface area contributed by atoms with E-state index in [1.807, 2.05) is 0 Å². The Balaban J connectivity index is 1.87. The van der Waals surface area contributed by atoms with E-state index in [-0.39, 0.29) is 5.56 Å². The third kappa shape index (κ3) is 3.95. The zero-order valence-corrected chi connectivity index (χ0v) is 14.2. The van der Waals surface area contributed by atoms with Crippen molar-refractivity contribution in [2.45, 2.75) is 30.7 Å². The first-order valence-corrected chi connectivity index (χ1v) is 8.32. The topological polar surface area (TPSA) is 137 Å². The summed E-state index contributed by atoms with van der Waals surface area (Å²) in [6, 6.07) is 13.0. The van der Waals surface area contributed by atoms with Gasteiger partial charge in [0.2, 0.25) is 6.29 Å². The number of aliphatic hydroxyl groups excluding tert-OH is 4. The second kappa shape index (κ2) is 8.03. The van der Waals surface area contributed by atoms with E-state index in [1.54, 1.807) is 36.4 Å². The van der Waals surface area contributed by atoms with Gasteiger partial charge in [0.25, 0.3) is 0 Å². The molecule has 1 heterocycles. The fourth-order valence-electron chi connectivity index (χ4n) is 2.89. The van der Waals surface area contributed by atoms with Crippen molar-refractivity contribution in [3.8, 4) is 16.9 Å². The van der Waals surface area contributed by atoms with Crippen molar-refractivity contribution in [3.63, 3.8) is 0 Å². The summed E-state index contributed by atoms with van der Waals surface area (Å²) in [4.78, 5) is 11.0. The molecule has 1 aliphatic heterocycles. The van der Waals surface area contributed by atoms with Crippen LogP contribution in [0.1, 0.15) is 10.4 Å². The third-order valence-electron chi connectivity index (χ3n) is 4.42. The van der Waals surface area contributed by atoms with E-state index in [9.17, 15) is 25.2 Å². The molecule has 0 saturated carbocycles. The Morgan fingerprint density at radius 2 is 1.63 bits per heavy atom. The molecule has 0 unspecified atom stereocenters. The molecular formula is C19H20O8. The Labute approximate surface area is 154 Å². The Hall–Kier alpha value is -2.49. The zero-order valence-electron chi connectivity index (χ0n) is 14.2. The SMILES string of the molecule is O=C(O)c1ccc(-c2ccccc2O[C@@H]2O[C@H](CO)[C@@H](O)[C@H](O)[C@@H]2O)cc1. The molecule has 144 valence electrons. The second-order valence-electron chi connectivity index (χ2n) is 6.19. The number of aliphatic hydroxyl groups is 4. The smallest absolute Gasteiger partial charge is 0.335 e. The molecule has 1 fully saturated rings. The molecule has 5 N–H and O–H groups in total. The summed E-state index contributed by atoms with van der Waals surface area (Å²) in [5.74, 6) is -0.711. The van der Waals surface area contributed by atoms with E-state index in [4.69, 9.17) is 14.6 Å². The molecule has 1 aliphatic rings. The summed E-state index contributed by atoms with van der Waals surface area (Å²) in [5.41, 5.74) is 1.44. The largest absolute Gasteiger partial charge is 0.478 e. The average molecular weight is 376 g/mol. The predicted octanol–water partition coefficient (Wildman–Crippen LogP) is 0.230. The number of benzene rings is 2. The highest BCUT2D eigenvalue weighted by molar-refractivity contribution is 5.88. The maximum absolute atomic E-state index is 11.0. The maximum Gasteiger partial charge on any atom is 0.335 e. The minimum atomic E-state index is -1.54. The van der Waals surface area contributed by atoms with Crippen molar-refractivity contribution in [1.82, 2.24) is 0 Å². The van der Waals surface area contributed by atoms with Crippen LogP contribution >= 0.6 is 0 Å². The van der Waals surface area contributed by atoms with Gasteiger partial charge in [0, 0.05) is 5.56 Å². The third-order valence-corrected chi connectivity index (χ3v) is 4.42. The summed E-state index contributed by atoms with van der Waals surface area (Å²) in [5, 5.41) is 48.1. The van der Waals surface area contributed by atoms with Crippen LogP contribution in [0, 0.1) is 0 Å². The van der Waals surface area contributed by atoms with Gasteiger partial charge in [0.1, 0.15) is 30.2 Å². The molecule has 8 heteroatoms. The van der Waals surface area contributed by atoms with Crippen LogP contribution in [0.4, 0.5) is 0 Å². The van der Waals surface area contributed by atoms with Gasteiger partial charge in [-0.3, -0.25) is 0 Å². The van der Waals surface area contributed by atoms with E-state index in [1.165, 1.54) is 12.1 Å². The molecule has 0 bridgehead atoms. The molecule has 5 atom stereocenters. The Morgan fingerprint density at radius 1 is 0.963 bits per heavy atom. The normalized spacial score (nSPS) is 27.9. The van der Waals surface area contributed by atoms with Gasteiger partial charge in [-0.15, -0.1) is 0 Å². The van der Waals surface area contributed by atoms with Crippen LogP contribution in [-0.2, 0) is 4.74 Å². The van der Waals surface area contributed by atoms with Gasteiger partial charge in [-0.1, -0.05) is 30.3 Å². The van der Waals surface area contributed by atoms with E-state index in [0.717, 1.165) is 0 Å². The van der Waals surface area contributed by atoms with Crippen LogP contribution in [-0.4, -0.2) is 68.8 Å². The van der Waals surface area contributed by atoms with Gasteiger partial charge in [0.15, 0.2) is 0 Å². The van der Waals surface area contributed by atoms with Gasteiger partial charge < -0.3 is 35.0 Å². The molecule has 0 radical (unpaired) electrons. The number of hydrogen-bond donors (Lipinski definition) is 5. The lowest BCUT2D eigenvalue weighted by Gasteiger charge is -2.39. The van der Waals surface area contributed by atoms with Crippen molar-refractivity contribution >= 4 is 5.97 Å². The summed E-state index contributed by atoms with van der Waals surface area (Å²) in [6.07, 6.45) is -6.91. The fourth-order valence-corrected chi connectivity index (χ4v) is 2.89. The number of carboxylic acid groups (broad SMARTS) is 1. The lowest BCUT2D eigenvalue weighted by molar-refractivity contribution is -0.277. The van der Waals surface area contributed by atoms with Crippen LogP contribution in [0.25, 0.3) is 11.1 Å². The molecule has 0 spiro atoms. The number of carboxylic acids is 1. The summed E-state index contributed by atoms with van der Waals surface area (Å²) < 4.78 is 11.1. The fraction of sp³-hybridized carbons (Fsp3) is 0.316. The molecule has 2 aromatic carbocycles. The molecule has 2 aromatic rings. The van der Waals surface area contributed by atoms with Crippen LogP contribution in [0.3, 0.4) is 0 Å². The van der Waals surface area contributed by atoms with Gasteiger partial charge in [0.05, 0.1) is 12.2 Å². The number of hydrogen-bond acceptors (Lipinski definition) is 7. The quantitative estimate of drug-likeness (QED) is 0.500. The van der Waals surface area contributed by atoms with E-state index >= 15 is 0 Å². The lowest BCUT2D eigenvalue weighted by atomic mass is 9.99. The van der Waals surface area contributed by atoms with Gasteiger partial charge in [-0.05, 0) is 23.8 Å². The molecule has 0 aromatic heterocycles. The minimum absolute atomic E-state index is 0.145. The second-order valence-corrected chi connectivity index (χ2v) is 6.19. The summed E-state index contributed by atoms with van der Waals surface area (Å²) in [7, 11) is 0. The Kier molecular flexibility index (Phi) is 5.73. The van der Waals surface area contributed by atoms with E-state index < -0.39 is 43.3 Å². The van der Waals surface area contributed by atoms with Crippen molar-refractivity contribution in [2.24, 2.45) is 0 Å². The van der Waals surface area contributed by atoms with Gasteiger partial charge >= 0.3 is 5.97 Å². The minimum Gasteiger partial charge on any atom is -0.478 e. The highest BCUT2D eigenvalue weighted by Gasteiger charge is 2.44. The molecule has 0 aliphatic carbocycles. The Morgan fingerprint density at radius 3 is 2.26 bits per heavy atom. The van der Waals surface area contributed by atoms with Gasteiger partial charge in [-0.2, -0.15) is 0 Å². The Bertz CT molecular complexity index is 789. The highest BCUT2D eigenvalue weighted by atomic mass is 16.7.